The summed E-state index contributed by atoms with van der Waals surface area (Å²) in [5, 5.41) is 8.95. The minimum atomic E-state index is -1.41. The van der Waals surface area contributed by atoms with Gasteiger partial charge in [-0.3, -0.25) is 9.40 Å². The van der Waals surface area contributed by atoms with E-state index in [1.54, 1.807) is 20.4 Å². The topological polar surface area (TPSA) is 101 Å². The Morgan fingerprint density at radius 2 is 2.14 bits per heavy atom. The maximum atomic E-state index is 12.8. The van der Waals surface area contributed by atoms with Crippen molar-refractivity contribution in [3.63, 3.8) is 0 Å². The Bertz CT molecular complexity index is 982. The van der Waals surface area contributed by atoms with Gasteiger partial charge in [-0.15, -0.1) is 0 Å². The number of methoxy groups -OCH3 is 2. The summed E-state index contributed by atoms with van der Waals surface area (Å²) >= 11 is 0. The van der Waals surface area contributed by atoms with Gasteiger partial charge >= 0.3 is 0 Å². The smallest absolute Gasteiger partial charge is 0.192 e. The second-order valence-electron chi connectivity index (χ2n) is 7.00. The van der Waals surface area contributed by atoms with E-state index in [4.69, 9.17) is 18.7 Å². The van der Waals surface area contributed by atoms with Gasteiger partial charge in [0.15, 0.2) is 11.4 Å². The Morgan fingerprint density at radius 3 is 2.83 bits per heavy atom. The van der Waals surface area contributed by atoms with E-state index < -0.39 is 16.6 Å². The molecule has 0 amide bonds. The van der Waals surface area contributed by atoms with Crippen LogP contribution in [-0.2, 0) is 27.0 Å². The first kappa shape index (κ1) is 19.9. The van der Waals surface area contributed by atoms with Crippen LogP contribution >= 0.6 is 0 Å². The van der Waals surface area contributed by atoms with E-state index in [0.29, 0.717) is 60.9 Å². The van der Waals surface area contributed by atoms with Crippen molar-refractivity contribution in [2.45, 2.75) is 25.0 Å². The average molecular weight is 420 g/mol. The van der Waals surface area contributed by atoms with Crippen LogP contribution in [0.4, 0.5) is 5.82 Å². The number of anilines is 1. The zero-order valence-electron chi connectivity index (χ0n) is 16.4. The molecule has 156 valence electrons. The summed E-state index contributed by atoms with van der Waals surface area (Å²) in [6, 6.07) is 5.66. The number of rotatable bonds is 8. The number of hydrogen-bond donors (Lipinski definition) is 1. The van der Waals surface area contributed by atoms with Crippen LogP contribution in [0.15, 0.2) is 35.1 Å². The summed E-state index contributed by atoms with van der Waals surface area (Å²) in [6.07, 6.45) is 5.02. The van der Waals surface area contributed by atoms with Gasteiger partial charge in [0.1, 0.15) is 22.1 Å². The standard InChI is InChI=1S/C19H24N4O5S/c1-25-15-10-14(12-23-7-3-6-20-23)11-16-17(15)18(21-28-16)22-29(24)13-19(26-2)4-8-27-9-5-19/h3,6-7,10-11H,4-5,8-9,12-13H2,1-2H3,(H,21,22). The Hall–Kier alpha value is -2.43. The molecule has 0 bridgehead atoms. The van der Waals surface area contributed by atoms with Crippen molar-refractivity contribution >= 4 is 27.8 Å². The molecule has 1 aliphatic rings. The normalized spacial score (nSPS) is 17.3. The third-order valence-corrected chi connectivity index (χ3v) is 6.37. The predicted octanol–water partition coefficient (Wildman–Crippen LogP) is 2.35. The molecule has 1 aliphatic heterocycles. The molecular weight excluding hydrogens is 396 g/mol. The Labute approximate surface area is 170 Å². The number of benzene rings is 1. The highest BCUT2D eigenvalue weighted by molar-refractivity contribution is 7.86. The van der Waals surface area contributed by atoms with Gasteiger partial charge in [-0.1, -0.05) is 5.16 Å². The van der Waals surface area contributed by atoms with Gasteiger partial charge in [0.05, 0.1) is 25.0 Å². The minimum absolute atomic E-state index is 0.334. The second-order valence-corrected chi connectivity index (χ2v) is 8.18. The lowest BCUT2D eigenvalue weighted by Gasteiger charge is -2.35. The molecule has 2 aromatic heterocycles. The molecule has 3 aromatic rings. The molecule has 4 rings (SSSR count). The van der Waals surface area contributed by atoms with Crippen LogP contribution in [0.3, 0.4) is 0 Å². The number of aromatic nitrogens is 3. The van der Waals surface area contributed by atoms with Crippen LogP contribution in [-0.4, -0.2) is 57.9 Å². The van der Waals surface area contributed by atoms with Gasteiger partial charge in [0.2, 0.25) is 0 Å². The van der Waals surface area contributed by atoms with Crippen molar-refractivity contribution < 1.29 is 22.9 Å². The molecule has 3 heterocycles. The third kappa shape index (κ3) is 4.29. The molecule has 0 spiro atoms. The molecular formula is C19H24N4O5S. The molecule has 1 saturated heterocycles. The van der Waals surface area contributed by atoms with Crippen LogP contribution in [0.5, 0.6) is 5.75 Å². The highest BCUT2D eigenvalue weighted by atomic mass is 32.2. The van der Waals surface area contributed by atoms with Gasteiger partial charge in [-0.25, -0.2) is 4.21 Å². The zero-order chi connectivity index (χ0) is 20.3. The fourth-order valence-corrected chi connectivity index (χ4v) is 4.84. The average Bonchev–Trinajstić information content (AvgIpc) is 3.38. The molecule has 0 saturated carbocycles. The second kappa shape index (κ2) is 8.52. The fourth-order valence-electron chi connectivity index (χ4n) is 3.53. The van der Waals surface area contributed by atoms with Gasteiger partial charge in [-0.05, 0) is 23.8 Å². The lowest BCUT2D eigenvalue weighted by atomic mass is 9.97. The first-order valence-corrected chi connectivity index (χ1v) is 10.7. The molecule has 29 heavy (non-hydrogen) atoms. The van der Waals surface area contributed by atoms with Gasteiger partial charge in [0, 0.05) is 45.6 Å². The largest absolute Gasteiger partial charge is 0.496 e. The molecule has 0 radical (unpaired) electrons. The molecule has 0 aliphatic carbocycles. The summed E-state index contributed by atoms with van der Waals surface area (Å²) in [5.41, 5.74) is 1.05. The highest BCUT2D eigenvalue weighted by Gasteiger charge is 2.35. The molecule has 10 heteroatoms. The van der Waals surface area contributed by atoms with Gasteiger partial charge in [0.25, 0.3) is 0 Å². The quantitative estimate of drug-likeness (QED) is 0.597. The maximum absolute atomic E-state index is 12.8. The maximum Gasteiger partial charge on any atom is 0.192 e. The van der Waals surface area contributed by atoms with E-state index in [2.05, 4.69) is 15.0 Å². The molecule has 1 unspecified atom stereocenters. The molecule has 1 fully saturated rings. The van der Waals surface area contributed by atoms with Crippen LogP contribution in [0, 0.1) is 0 Å². The van der Waals surface area contributed by atoms with Crippen LogP contribution in [0.25, 0.3) is 11.0 Å². The Kier molecular flexibility index (Phi) is 5.84. The van der Waals surface area contributed by atoms with E-state index in [1.807, 2.05) is 29.1 Å². The van der Waals surface area contributed by atoms with E-state index in [-0.39, 0.29) is 0 Å². The van der Waals surface area contributed by atoms with Crippen molar-refractivity contribution in [3.05, 3.63) is 36.2 Å². The minimum Gasteiger partial charge on any atom is -0.496 e. The van der Waals surface area contributed by atoms with E-state index >= 15 is 0 Å². The summed E-state index contributed by atoms with van der Waals surface area (Å²) in [7, 11) is 1.83. The van der Waals surface area contributed by atoms with E-state index in [0.717, 1.165) is 5.56 Å². The summed E-state index contributed by atoms with van der Waals surface area (Å²) in [5.74, 6) is 1.32. The molecule has 1 atom stereocenters. The van der Waals surface area contributed by atoms with Crippen LogP contribution in [0.1, 0.15) is 18.4 Å². The predicted molar refractivity (Wildman–Crippen MR) is 108 cm³/mol. The number of fused-ring (bicyclic) bond motifs is 1. The molecule has 1 aromatic carbocycles. The van der Waals surface area contributed by atoms with Crippen LogP contribution < -0.4 is 9.46 Å². The van der Waals surface area contributed by atoms with E-state index in [1.165, 1.54) is 0 Å². The number of ether oxygens (including phenoxy) is 3. The van der Waals surface area contributed by atoms with Crippen molar-refractivity contribution in [1.82, 2.24) is 14.9 Å². The van der Waals surface area contributed by atoms with Crippen molar-refractivity contribution in [1.29, 1.82) is 0 Å². The summed E-state index contributed by atoms with van der Waals surface area (Å²) in [6.45, 7) is 1.78. The Morgan fingerprint density at radius 1 is 1.31 bits per heavy atom. The fraction of sp³-hybridized carbons (Fsp3) is 0.474. The lowest BCUT2D eigenvalue weighted by Crippen LogP contribution is -2.44. The van der Waals surface area contributed by atoms with Gasteiger partial charge < -0.3 is 18.7 Å². The van der Waals surface area contributed by atoms with Crippen molar-refractivity contribution in [2.75, 3.05) is 37.9 Å². The number of nitrogens with one attached hydrogen (secondary N) is 1. The first-order chi connectivity index (χ1) is 14.1. The monoisotopic (exact) mass is 420 g/mol. The number of hydrogen-bond acceptors (Lipinski definition) is 7. The molecule has 1 N–H and O–H groups in total. The Balaban J connectivity index is 1.55. The van der Waals surface area contributed by atoms with Crippen LogP contribution in [0.2, 0.25) is 0 Å². The van der Waals surface area contributed by atoms with E-state index in [9.17, 15) is 4.21 Å². The number of nitrogens with zero attached hydrogens (tertiary/aromatic N) is 3. The zero-order valence-corrected chi connectivity index (χ0v) is 17.2. The summed E-state index contributed by atoms with van der Waals surface area (Å²) in [4.78, 5) is 0. The van der Waals surface area contributed by atoms with Crippen molar-refractivity contribution in [3.8, 4) is 5.75 Å². The van der Waals surface area contributed by atoms with Gasteiger partial charge in [-0.2, -0.15) is 5.10 Å². The molecule has 9 nitrogen and oxygen atoms in total. The SMILES string of the molecule is COc1cc(Cn2cccn2)cc2onc(NS(=O)CC3(OC)CCOCC3)c12. The van der Waals surface area contributed by atoms with Crippen molar-refractivity contribution in [2.24, 2.45) is 0 Å². The lowest BCUT2D eigenvalue weighted by molar-refractivity contribution is -0.0745. The summed E-state index contributed by atoms with van der Waals surface area (Å²) < 4.78 is 39.7. The highest BCUT2D eigenvalue weighted by Crippen LogP contribution is 2.34. The first-order valence-electron chi connectivity index (χ1n) is 9.34. The third-order valence-electron chi connectivity index (χ3n) is 5.16.